The van der Waals surface area contributed by atoms with Gasteiger partial charge in [-0.3, -0.25) is 4.79 Å². The molecule has 0 spiro atoms. The van der Waals surface area contributed by atoms with Crippen LogP contribution in [0.5, 0.6) is 5.75 Å². The van der Waals surface area contributed by atoms with Crippen molar-refractivity contribution in [3.8, 4) is 5.75 Å². The van der Waals surface area contributed by atoms with Gasteiger partial charge in [-0.25, -0.2) is 4.39 Å². The maximum atomic E-state index is 14.9. The molecule has 0 heterocycles. The van der Waals surface area contributed by atoms with Gasteiger partial charge in [0.05, 0.1) is 24.7 Å². The number of esters is 1. The van der Waals surface area contributed by atoms with E-state index in [1.54, 1.807) is 6.07 Å². The number of hydrogen-bond donors (Lipinski definition) is 0. The maximum absolute atomic E-state index is 14.9. The molecule has 0 radical (unpaired) electrons. The Morgan fingerprint density at radius 3 is 2.60 bits per heavy atom. The zero-order chi connectivity index (χ0) is 21.3. The molecule has 3 saturated carbocycles. The summed E-state index contributed by atoms with van der Waals surface area (Å²) in [4.78, 5) is 12.5. The van der Waals surface area contributed by atoms with Crippen molar-refractivity contribution in [2.24, 2.45) is 23.2 Å². The quantitative estimate of drug-likeness (QED) is 0.438. The monoisotopic (exact) mass is 454 g/mol. The second kappa shape index (κ2) is 9.28. The van der Waals surface area contributed by atoms with Crippen LogP contribution in [0.25, 0.3) is 0 Å². The Labute approximate surface area is 188 Å². The number of methoxy groups -OCH3 is 1. The number of halogens is 2. The van der Waals surface area contributed by atoms with Gasteiger partial charge in [0.1, 0.15) is 11.6 Å². The van der Waals surface area contributed by atoms with Crippen molar-refractivity contribution in [2.45, 2.75) is 74.9 Å². The van der Waals surface area contributed by atoms with Gasteiger partial charge < -0.3 is 9.47 Å². The highest BCUT2D eigenvalue weighted by atomic mass is 35.5. The number of carbonyl (C=O) groups is 1. The predicted octanol–water partition coefficient (Wildman–Crippen LogP) is 6.90. The van der Waals surface area contributed by atoms with E-state index >= 15 is 0 Å². The Morgan fingerprint density at radius 2 is 1.90 bits per heavy atom. The van der Waals surface area contributed by atoms with E-state index in [1.165, 1.54) is 63.5 Å². The van der Waals surface area contributed by atoms with E-state index < -0.39 is 0 Å². The molecule has 0 N–H and O–H groups in total. The van der Waals surface area contributed by atoms with Crippen molar-refractivity contribution in [1.82, 2.24) is 0 Å². The first-order valence-electron chi connectivity index (χ1n) is 11.2. The van der Waals surface area contributed by atoms with E-state index in [0.717, 1.165) is 31.1 Å². The van der Waals surface area contributed by atoms with E-state index in [-0.39, 0.29) is 28.4 Å². The summed E-state index contributed by atoms with van der Waals surface area (Å²) in [7, 11) is 1.41. The number of fused-ring (bicyclic) bond motifs is 2. The van der Waals surface area contributed by atoms with Crippen LogP contribution in [-0.4, -0.2) is 24.9 Å². The van der Waals surface area contributed by atoms with E-state index in [2.05, 4.69) is 6.92 Å². The zero-order valence-corrected chi connectivity index (χ0v) is 19.5. The van der Waals surface area contributed by atoms with Gasteiger partial charge in [0.2, 0.25) is 0 Å². The molecule has 166 valence electrons. The molecular formula is C24H32ClFO3S. The number of hydrogen-bond acceptors (Lipinski definition) is 4. The van der Waals surface area contributed by atoms with Crippen LogP contribution in [0.15, 0.2) is 17.0 Å². The van der Waals surface area contributed by atoms with Gasteiger partial charge in [-0.05, 0) is 50.0 Å². The molecule has 4 rings (SSSR count). The third-order valence-corrected chi connectivity index (χ3v) is 8.98. The lowest BCUT2D eigenvalue weighted by molar-refractivity contribution is -0.144. The highest BCUT2D eigenvalue weighted by molar-refractivity contribution is 8.00. The molecule has 0 saturated heterocycles. The highest BCUT2D eigenvalue weighted by Crippen LogP contribution is 2.49. The summed E-state index contributed by atoms with van der Waals surface area (Å²) < 4.78 is 25.8. The van der Waals surface area contributed by atoms with Crippen LogP contribution in [0.1, 0.15) is 64.7 Å². The van der Waals surface area contributed by atoms with E-state index in [0.29, 0.717) is 22.3 Å². The summed E-state index contributed by atoms with van der Waals surface area (Å²) in [6.07, 6.45) is 10.4. The smallest absolute Gasteiger partial charge is 0.309 e. The average Bonchev–Trinajstić information content (AvgIpc) is 3.16. The van der Waals surface area contributed by atoms with Crippen molar-refractivity contribution < 1.29 is 18.7 Å². The van der Waals surface area contributed by atoms with Crippen LogP contribution in [0.2, 0.25) is 5.02 Å². The Kier molecular flexibility index (Phi) is 6.88. The van der Waals surface area contributed by atoms with E-state index in [9.17, 15) is 9.18 Å². The highest BCUT2D eigenvalue weighted by Gasteiger charge is 2.40. The third-order valence-electron chi connectivity index (χ3n) is 7.25. The van der Waals surface area contributed by atoms with Crippen LogP contribution in [0.3, 0.4) is 0 Å². The molecule has 30 heavy (non-hydrogen) atoms. The summed E-state index contributed by atoms with van der Waals surface area (Å²) in [6.45, 7) is 2.89. The molecule has 5 atom stereocenters. The van der Waals surface area contributed by atoms with Crippen molar-refractivity contribution in [3.63, 3.8) is 0 Å². The topological polar surface area (TPSA) is 35.5 Å². The zero-order valence-electron chi connectivity index (χ0n) is 17.9. The summed E-state index contributed by atoms with van der Waals surface area (Å²) in [5.41, 5.74) is 0.138. The normalized spacial score (nSPS) is 33.3. The molecule has 3 unspecified atom stereocenters. The van der Waals surface area contributed by atoms with Gasteiger partial charge in [-0.15, -0.1) is 11.8 Å². The minimum absolute atomic E-state index is 0.0235. The molecule has 6 heteroatoms. The fourth-order valence-corrected chi connectivity index (χ4v) is 7.65. The molecule has 1 aromatic rings. The van der Waals surface area contributed by atoms with Gasteiger partial charge in [-0.2, -0.15) is 0 Å². The first-order valence-corrected chi connectivity index (χ1v) is 12.5. The molecule has 1 aromatic carbocycles. The molecule has 3 nitrogen and oxygen atoms in total. The summed E-state index contributed by atoms with van der Waals surface area (Å²) in [6, 6.07) is 3.07. The average molecular weight is 455 g/mol. The number of thioether (sulfide) groups is 1. The fraction of sp³-hybridized carbons (Fsp3) is 0.708. The minimum atomic E-state index is -0.333. The first-order chi connectivity index (χ1) is 14.4. The Hall–Kier alpha value is -0.940. The Bertz CT molecular complexity index is 774. The van der Waals surface area contributed by atoms with Crippen LogP contribution in [0, 0.1) is 29.0 Å². The van der Waals surface area contributed by atoms with Gasteiger partial charge in [-0.1, -0.05) is 44.2 Å². The first kappa shape index (κ1) is 22.3. The van der Waals surface area contributed by atoms with Crippen molar-refractivity contribution in [2.75, 3.05) is 13.7 Å². The molecule has 0 aliphatic heterocycles. The number of carbonyl (C=O) groups excluding carboxylic acids is 1. The van der Waals surface area contributed by atoms with E-state index in [1.807, 2.05) is 0 Å². The predicted molar refractivity (Wildman–Crippen MR) is 119 cm³/mol. The van der Waals surface area contributed by atoms with Gasteiger partial charge in [0, 0.05) is 21.6 Å². The van der Waals surface area contributed by atoms with Crippen molar-refractivity contribution in [1.29, 1.82) is 0 Å². The minimum Gasteiger partial charge on any atom is -0.491 e. The number of benzene rings is 1. The molecule has 0 amide bonds. The van der Waals surface area contributed by atoms with Crippen LogP contribution < -0.4 is 4.74 Å². The largest absolute Gasteiger partial charge is 0.491 e. The molecule has 2 bridgehead atoms. The third kappa shape index (κ3) is 4.93. The fourth-order valence-electron chi connectivity index (χ4n) is 5.98. The number of rotatable bonds is 6. The number of ether oxygens (including phenoxy) is 2. The molecule has 0 aromatic heterocycles. The van der Waals surface area contributed by atoms with Gasteiger partial charge >= 0.3 is 5.97 Å². The molecular weight excluding hydrogens is 423 g/mol. The maximum Gasteiger partial charge on any atom is 0.309 e. The lowest BCUT2D eigenvalue weighted by atomic mass is 9.62. The summed E-state index contributed by atoms with van der Waals surface area (Å²) in [5, 5.41) is 0.460. The standard InChI is InChI=1S/C24H32ClFO3S/c1-24(12-15-5-3-6-16(9-15)13-24)14-29-20-11-19(26)22(10-18(20)25)30-21-8-4-7-17(21)23(27)28-2/h10-11,15-17,21H,3-9,12-14H2,1-2H3/t15-,16+,17?,21?,24?. The molecule has 3 aliphatic rings. The van der Waals surface area contributed by atoms with Gasteiger partial charge in [0.25, 0.3) is 0 Å². The Balaban J connectivity index is 1.41. The van der Waals surface area contributed by atoms with Gasteiger partial charge in [0.15, 0.2) is 0 Å². The van der Waals surface area contributed by atoms with Crippen LogP contribution in [0.4, 0.5) is 4.39 Å². The molecule has 3 fully saturated rings. The lowest BCUT2D eigenvalue weighted by Crippen LogP contribution is -2.37. The molecule has 3 aliphatic carbocycles. The Morgan fingerprint density at radius 1 is 1.20 bits per heavy atom. The van der Waals surface area contributed by atoms with Crippen LogP contribution >= 0.6 is 23.4 Å². The SMILES string of the molecule is COC(=O)C1CCCC1Sc1cc(Cl)c(OCC2(C)C[C@@H]3CCC[C@@H](C3)C2)cc1F. The second-order valence-corrected chi connectivity index (χ2v) is 11.5. The second-order valence-electron chi connectivity index (χ2n) is 9.84. The van der Waals surface area contributed by atoms with Crippen molar-refractivity contribution in [3.05, 3.63) is 23.0 Å². The van der Waals surface area contributed by atoms with E-state index in [4.69, 9.17) is 21.1 Å². The summed E-state index contributed by atoms with van der Waals surface area (Å²) in [5.74, 6) is 1.33. The lowest BCUT2D eigenvalue weighted by Gasteiger charge is -2.45. The van der Waals surface area contributed by atoms with Crippen LogP contribution in [-0.2, 0) is 9.53 Å². The van der Waals surface area contributed by atoms with Crippen molar-refractivity contribution >= 4 is 29.3 Å². The summed E-state index contributed by atoms with van der Waals surface area (Å²) >= 11 is 7.87.